The monoisotopic (exact) mass is 282 g/mol. The molecule has 5 heteroatoms. The van der Waals surface area contributed by atoms with Gasteiger partial charge in [-0.05, 0) is 18.8 Å². The Balaban J connectivity index is 1.83. The molecule has 0 amide bonds. The van der Waals surface area contributed by atoms with Crippen LogP contribution in [-0.2, 0) is 23.8 Å². The van der Waals surface area contributed by atoms with E-state index in [-0.39, 0.29) is 47.3 Å². The molecule has 0 unspecified atom stereocenters. The molecule has 112 valence electrons. The quantitative estimate of drug-likeness (QED) is 0.737. The molecule has 2 aliphatic heterocycles. The summed E-state index contributed by atoms with van der Waals surface area (Å²) >= 11 is 0. The van der Waals surface area contributed by atoms with Crippen molar-refractivity contribution in [3.05, 3.63) is 0 Å². The molecule has 0 radical (unpaired) electrons. The van der Waals surface area contributed by atoms with Gasteiger partial charge in [-0.3, -0.25) is 9.59 Å². The van der Waals surface area contributed by atoms with E-state index in [1.165, 1.54) is 0 Å². The van der Waals surface area contributed by atoms with Crippen molar-refractivity contribution in [1.82, 2.24) is 0 Å². The van der Waals surface area contributed by atoms with Crippen LogP contribution in [0.4, 0.5) is 0 Å². The average molecular weight is 282 g/mol. The van der Waals surface area contributed by atoms with Crippen molar-refractivity contribution in [2.24, 2.45) is 16.7 Å². The summed E-state index contributed by atoms with van der Waals surface area (Å²) in [5.74, 6) is -0.175. The minimum absolute atomic E-state index is 0.0129. The number of carbonyl (C=O) groups is 2. The SMILES string of the molecule is CCOC(=O)C[C@@H]1OC[C@]23CC(=O)O[C@H]2CC(C)(C)[C@H]13. The molecule has 2 heterocycles. The maximum absolute atomic E-state index is 11.8. The summed E-state index contributed by atoms with van der Waals surface area (Å²) < 4.78 is 16.4. The topological polar surface area (TPSA) is 61.8 Å². The fourth-order valence-corrected chi connectivity index (χ4v) is 4.66. The zero-order valence-electron chi connectivity index (χ0n) is 12.3. The van der Waals surface area contributed by atoms with E-state index in [2.05, 4.69) is 13.8 Å². The van der Waals surface area contributed by atoms with Gasteiger partial charge in [0.05, 0.1) is 32.2 Å². The third-order valence-electron chi connectivity index (χ3n) is 5.17. The Morgan fingerprint density at radius 3 is 2.90 bits per heavy atom. The number of esters is 2. The van der Waals surface area contributed by atoms with Gasteiger partial charge in [-0.1, -0.05) is 13.8 Å². The van der Waals surface area contributed by atoms with Crippen LogP contribution >= 0.6 is 0 Å². The standard InChI is InChI=1S/C15H22O5/c1-4-18-11(16)5-9-13-14(2,3)6-10-15(13,8-19-9)7-12(17)20-10/h9-10,13H,4-8H2,1-3H3/t9-,10-,13-,15+/m0/s1. The third kappa shape index (κ3) is 1.86. The number of carbonyl (C=O) groups excluding carboxylic acids is 2. The highest BCUT2D eigenvalue weighted by molar-refractivity contribution is 5.74. The smallest absolute Gasteiger partial charge is 0.308 e. The van der Waals surface area contributed by atoms with E-state index < -0.39 is 0 Å². The van der Waals surface area contributed by atoms with Crippen molar-refractivity contribution in [2.45, 2.75) is 52.2 Å². The van der Waals surface area contributed by atoms with Gasteiger partial charge in [-0.15, -0.1) is 0 Å². The third-order valence-corrected chi connectivity index (χ3v) is 5.17. The molecule has 3 aliphatic rings. The molecule has 5 nitrogen and oxygen atoms in total. The Kier molecular flexibility index (Phi) is 3.08. The lowest BCUT2D eigenvalue weighted by molar-refractivity contribution is -0.146. The molecule has 1 aliphatic carbocycles. The maximum atomic E-state index is 11.8. The highest BCUT2D eigenvalue weighted by Crippen LogP contribution is 2.64. The lowest BCUT2D eigenvalue weighted by atomic mass is 9.68. The lowest BCUT2D eigenvalue weighted by Gasteiger charge is -2.33. The van der Waals surface area contributed by atoms with Crippen LogP contribution in [0.2, 0.25) is 0 Å². The molecular formula is C15H22O5. The first-order valence-electron chi connectivity index (χ1n) is 7.36. The van der Waals surface area contributed by atoms with Gasteiger partial charge in [0, 0.05) is 11.3 Å². The summed E-state index contributed by atoms with van der Waals surface area (Å²) in [6, 6.07) is 0. The first-order valence-corrected chi connectivity index (χ1v) is 7.36. The van der Waals surface area contributed by atoms with E-state index in [1.54, 1.807) is 6.92 Å². The first-order chi connectivity index (χ1) is 9.39. The van der Waals surface area contributed by atoms with Gasteiger partial charge in [0.2, 0.25) is 0 Å². The molecule has 2 saturated heterocycles. The molecule has 0 aromatic rings. The number of rotatable bonds is 3. The van der Waals surface area contributed by atoms with Crippen molar-refractivity contribution in [3.8, 4) is 0 Å². The van der Waals surface area contributed by atoms with Gasteiger partial charge in [0.15, 0.2) is 0 Å². The van der Waals surface area contributed by atoms with Gasteiger partial charge < -0.3 is 14.2 Å². The van der Waals surface area contributed by atoms with E-state index in [0.29, 0.717) is 19.6 Å². The Bertz CT molecular complexity index is 444. The Morgan fingerprint density at radius 2 is 2.20 bits per heavy atom. The van der Waals surface area contributed by atoms with Crippen molar-refractivity contribution >= 4 is 11.9 Å². The van der Waals surface area contributed by atoms with Gasteiger partial charge >= 0.3 is 11.9 Å². The van der Waals surface area contributed by atoms with Crippen LogP contribution in [0.25, 0.3) is 0 Å². The number of hydrogen-bond acceptors (Lipinski definition) is 5. The molecule has 20 heavy (non-hydrogen) atoms. The summed E-state index contributed by atoms with van der Waals surface area (Å²) in [4.78, 5) is 23.4. The molecule has 1 saturated carbocycles. The molecule has 1 spiro atoms. The van der Waals surface area contributed by atoms with Gasteiger partial charge in [0.1, 0.15) is 6.10 Å². The Morgan fingerprint density at radius 1 is 1.45 bits per heavy atom. The molecule has 3 rings (SSSR count). The van der Waals surface area contributed by atoms with Crippen LogP contribution in [0.3, 0.4) is 0 Å². The van der Waals surface area contributed by atoms with Crippen molar-refractivity contribution in [2.75, 3.05) is 13.2 Å². The van der Waals surface area contributed by atoms with Crippen molar-refractivity contribution in [3.63, 3.8) is 0 Å². The first kappa shape index (κ1) is 13.9. The fourth-order valence-electron chi connectivity index (χ4n) is 4.66. The van der Waals surface area contributed by atoms with E-state index in [9.17, 15) is 9.59 Å². The molecule has 0 N–H and O–H groups in total. The van der Waals surface area contributed by atoms with Crippen LogP contribution in [-0.4, -0.2) is 37.4 Å². The molecule has 4 atom stereocenters. The van der Waals surface area contributed by atoms with Crippen LogP contribution in [0.1, 0.15) is 40.0 Å². The summed E-state index contributed by atoms with van der Waals surface area (Å²) in [6.45, 7) is 7.06. The second kappa shape index (κ2) is 4.45. The number of hydrogen-bond donors (Lipinski definition) is 0. The second-order valence-corrected chi connectivity index (χ2v) is 6.92. The predicted octanol–water partition coefficient (Wildman–Crippen LogP) is 1.69. The molecular weight excluding hydrogens is 260 g/mol. The van der Waals surface area contributed by atoms with Gasteiger partial charge in [-0.2, -0.15) is 0 Å². The Labute approximate surface area is 118 Å². The van der Waals surface area contributed by atoms with Gasteiger partial charge in [0.25, 0.3) is 0 Å². The zero-order chi connectivity index (χ0) is 14.5. The predicted molar refractivity (Wildman–Crippen MR) is 69.8 cm³/mol. The summed E-state index contributed by atoms with van der Waals surface area (Å²) in [7, 11) is 0. The largest absolute Gasteiger partial charge is 0.466 e. The van der Waals surface area contributed by atoms with Crippen molar-refractivity contribution < 1.29 is 23.8 Å². The van der Waals surface area contributed by atoms with E-state index in [4.69, 9.17) is 14.2 Å². The lowest BCUT2D eigenvalue weighted by Crippen LogP contribution is -2.37. The minimum Gasteiger partial charge on any atom is -0.466 e. The minimum atomic E-state index is -0.224. The highest BCUT2D eigenvalue weighted by atomic mass is 16.6. The fraction of sp³-hybridized carbons (Fsp3) is 0.867. The summed E-state index contributed by atoms with van der Waals surface area (Å²) in [6.07, 6.45) is 1.33. The average Bonchev–Trinajstić information content (AvgIpc) is 2.87. The van der Waals surface area contributed by atoms with Crippen molar-refractivity contribution in [1.29, 1.82) is 0 Å². The molecule has 3 fully saturated rings. The zero-order valence-corrected chi connectivity index (χ0v) is 12.3. The van der Waals surface area contributed by atoms with Crippen LogP contribution in [0.5, 0.6) is 0 Å². The highest BCUT2D eigenvalue weighted by Gasteiger charge is 2.69. The van der Waals surface area contributed by atoms with E-state index in [0.717, 1.165) is 6.42 Å². The molecule has 0 aromatic carbocycles. The second-order valence-electron chi connectivity index (χ2n) is 6.92. The normalized spacial score (nSPS) is 41.1. The van der Waals surface area contributed by atoms with Crippen LogP contribution < -0.4 is 0 Å². The van der Waals surface area contributed by atoms with E-state index in [1.807, 2.05) is 0 Å². The van der Waals surface area contributed by atoms with Crippen LogP contribution in [0, 0.1) is 16.7 Å². The molecule has 0 aromatic heterocycles. The number of ether oxygens (including phenoxy) is 3. The summed E-state index contributed by atoms with van der Waals surface area (Å²) in [5, 5.41) is 0. The summed E-state index contributed by atoms with van der Waals surface area (Å²) in [5.41, 5.74) is -0.212. The van der Waals surface area contributed by atoms with Gasteiger partial charge in [-0.25, -0.2) is 0 Å². The molecule has 0 bridgehead atoms. The van der Waals surface area contributed by atoms with E-state index >= 15 is 0 Å². The maximum Gasteiger partial charge on any atom is 0.308 e. The Hall–Kier alpha value is -1.10. The van der Waals surface area contributed by atoms with Crippen LogP contribution in [0.15, 0.2) is 0 Å².